The summed E-state index contributed by atoms with van der Waals surface area (Å²) in [5, 5.41) is 13.2. The van der Waals surface area contributed by atoms with E-state index in [1.807, 2.05) is 0 Å². The Morgan fingerprint density at radius 2 is 2.12 bits per heavy atom. The Labute approximate surface area is 92.1 Å². The van der Waals surface area contributed by atoms with Gasteiger partial charge in [-0.2, -0.15) is 5.10 Å². The van der Waals surface area contributed by atoms with Crippen LogP contribution in [0.3, 0.4) is 0 Å². The molecule has 2 aromatic rings. The van der Waals surface area contributed by atoms with Crippen LogP contribution in [0.25, 0.3) is 5.69 Å². The number of carboxylic acid groups (broad SMARTS) is 1. The number of hydrogen-bond donors (Lipinski definition) is 2. The lowest BCUT2D eigenvalue weighted by Crippen LogP contribution is -2.08. The number of aromatic carboxylic acids is 1. The molecule has 0 radical (unpaired) electrons. The SMILES string of the molecule is Cc1cc(N)n(-c2ccccc2C(=O)O)n1. The quantitative estimate of drug-likeness (QED) is 0.797. The van der Waals surface area contributed by atoms with E-state index in [1.54, 1.807) is 31.2 Å². The van der Waals surface area contributed by atoms with Crippen molar-refractivity contribution in [2.45, 2.75) is 6.92 Å². The smallest absolute Gasteiger partial charge is 0.337 e. The van der Waals surface area contributed by atoms with Gasteiger partial charge in [-0.05, 0) is 19.1 Å². The van der Waals surface area contributed by atoms with E-state index >= 15 is 0 Å². The molecule has 5 heteroatoms. The topological polar surface area (TPSA) is 81.1 Å². The molecule has 0 aliphatic heterocycles. The van der Waals surface area contributed by atoms with Gasteiger partial charge >= 0.3 is 5.97 Å². The van der Waals surface area contributed by atoms with Crippen LogP contribution in [-0.2, 0) is 0 Å². The van der Waals surface area contributed by atoms with Gasteiger partial charge in [0.2, 0.25) is 0 Å². The summed E-state index contributed by atoms with van der Waals surface area (Å²) in [5.41, 5.74) is 7.15. The molecule has 0 unspecified atom stereocenters. The first-order valence-electron chi connectivity index (χ1n) is 4.74. The van der Waals surface area contributed by atoms with Crippen LogP contribution >= 0.6 is 0 Å². The molecule has 0 amide bonds. The Morgan fingerprint density at radius 1 is 1.44 bits per heavy atom. The van der Waals surface area contributed by atoms with Gasteiger partial charge in [0.15, 0.2) is 0 Å². The minimum atomic E-state index is -0.997. The summed E-state index contributed by atoms with van der Waals surface area (Å²) in [5.74, 6) is -0.575. The van der Waals surface area contributed by atoms with Crippen molar-refractivity contribution in [3.05, 3.63) is 41.6 Å². The van der Waals surface area contributed by atoms with Crippen LogP contribution in [0.2, 0.25) is 0 Å². The maximum absolute atomic E-state index is 11.0. The first-order valence-corrected chi connectivity index (χ1v) is 4.74. The molecule has 0 fully saturated rings. The molecule has 0 aliphatic carbocycles. The van der Waals surface area contributed by atoms with Crippen molar-refractivity contribution < 1.29 is 9.90 Å². The highest BCUT2D eigenvalue weighted by atomic mass is 16.4. The number of nitrogens with zero attached hydrogens (tertiary/aromatic N) is 2. The summed E-state index contributed by atoms with van der Waals surface area (Å²) in [6, 6.07) is 8.30. The van der Waals surface area contributed by atoms with Gasteiger partial charge in [0.1, 0.15) is 5.82 Å². The molecule has 82 valence electrons. The first-order chi connectivity index (χ1) is 7.59. The van der Waals surface area contributed by atoms with Crippen molar-refractivity contribution in [1.82, 2.24) is 9.78 Å². The second kappa shape index (κ2) is 3.69. The molecule has 1 heterocycles. The standard InChI is InChI=1S/C11H11N3O2/c1-7-6-10(12)14(13-7)9-5-3-2-4-8(9)11(15)16/h2-6H,12H2,1H3,(H,15,16). The number of hydrogen-bond acceptors (Lipinski definition) is 3. The number of nitrogens with two attached hydrogens (primary N) is 1. The van der Waals surface area contributed by atoms with Gasteiger partial charge < -0.3 is 10.8 Å². The number of anilines is 1. The molecular formula is C11H11N3O2. The highest BCUT2D eigenvalue weighted by molar-refractivity contribution is 5.92. The van der Waals surface area contributed by atoms with E-state index in [9.17, 15) is 4.79 Å². The van der Waals surface area contributed by atoms with E-state index in [0.29, 0.717) is 11.5 Å². The minimum absolute atomic E-state index is 0.178. The van der Waals surface area contributed by atoms with Crippen LogP contribution < -0.4 is 5.73 Å². The Bertz CT molecular complexity index is 546. The van der Waals surface area contributed by atoms with Gasteiger partial charge in [0.05, 0.1) is 16.9 Å². The number of benzene rings is 1. The number of rotatable bonds is 2. The van der Waals surface area contributed by atoms with Crippen molar-refractivity contribution in [3.63, 3.8) is 0 Å². The molecule has 3 N–H and O–H groups in total. The molecule has 1 aromatic heterocycles. The third-order valence-corrected chi connectivity index (χ3v) is 2.22. The summed E-state index contributed by atoms with van der Waals surface area (Å²) < 4.78 is 1.43. The van der Waals surface area contributed by atoms with E-state index in [0.717, 1.165) is 5.69 Å². The molecule has 5 nitrogen and oxygen atoms in total. The van der Waals surface area contributed by atoms with E-state index in [4.69, 9.17) is 10.8 Å². The summed E-state index contributed by atoms with van der Waals surface area (Å²) in [6.45, 7) is 1.80. The zero-order chi connectivity index (χ0) is 11.7. The molecule has 0 saturated heterocycles. The van der Waals surface area contributed by atoms with Crippen molar-refractivity contribution in [3.8, 4) is 5.69 Å². The largest absolute Gasteiger partial charge is 0.478 e. The number of nitrogen functional groups attached to an aromatic ring is 1. The Kier molecular flexibility index (Phi) is 2.36. The van der Waals surface area contributed by atoms with Crippen LogP contribution in [0.5, 0.6) is 0 Å². The van der Waals surface area contributed by atoms with Crippen LogP contribution in [0.4, 0.5) is 5.82 Å². The zero-order valence-electron chi connectivity index (χ0n) is 8.71. The monoisotopic (exact) mass is 217 g/mol. The Balaban J connectivity index is 2.64. The van der Waals surface area contributed by atoms with E-state index in [1.165, 1.54) is 10.7 Å². The average molecular weight is 217 g/mol. The van der Waals surface area contributed by atoms with Crippen LogP contribution in [0.1, 0.15) is 16.1 Å². The summed E-state index contributed by atoms with van der Waals surface area (Å²) in [7, 11) is 0. The molecule has 0 atom stereocenters. The minimum Gasteiger partial charge on any atom is -0.478 e. The lowest BCUT2D eigenvalue weighted by atomic mass is 10.2. The summed E-state index contributed by atoms with van der Waals surface area (Å²) >= 11 is 0. The number of aryl methyl sites for hydroxylation is 1. The third kappa shape index (κ3) is 1.63. The normalized spacial score (nSPS) is 10.3. The first kappa shape index (κ1) is 10.2. The van der Waals surface area contributed by atoms with Gasteiger partial charge in [0, 0.05) is 6.07 Å². The summed E-state index contributed by atoms with van der Waals surface area (Å²) in [4.78, 5) is 11.0. The lowest BCUT2D eigenvalue weighted by Gasteiger charge is -2.07. The van der Waals surface area contributed by atoms with Crippen molar-refractivity contribution >= 4 is 11.8 Å². The molecular weight excluding hydrogens is 206 g/mol. The number of aromatic nitrogens is 2. The van der Waals surface area contributed by atoms with Gasteiger partial charge in [-0.15, -0.1) is 0 Å². The highest BCUT2D eigenvalue weighted by Gasteiger charge is 2.13. The zero-order valence-corrected chi connectivity index (χ0v) is 8.71. The molecule has 0 saturated carbocycles. The molecule has 16 heavy (non-hydrogen) atoms. The molecule has 0 spiro atoms. The molecule has 2 rings (SSSR count). The van der Waals surface area contributed by atoms with Gasteiger partial charge in [-0.3, -0.25) is 0 Å². The fourth-order valence-corrected chi connectivity index (χ4v) is 1.55. The van der Waals surface area contributed by atoms with Crippen LogP contribution in [0.15, 0.2) is 30.3 Å². The number of para-hydroxylation sites is 1. The predicted octanol–water partition coefficient (Wildman–Crippen LogP) is 1.46. The molecule has 1 aromatic carbocycles. The number of carboxylic acids is 1. The van der Waals surface area contributed by atoms with Gasteiger partial charge in [-0.1, -0.05) is 12.1 Å². The van der Waals surface area contributed by atoms with E-state index in [-0.39, 0.29) is 5.56 Å². The highest BCUT2D eigenvalue weighted by Crippen LogP contribution is 2.18. The Morgan fingerprint density at radius 3 is 2.69 bits per heavy atom. The van der Waals surface area contributed by atoms with Crippen molar-refractivity contribution in [1.29, 1.82) is 0 Å². The molecule has 0 aliphatic rings. The predicted molar refractivity (Wildman–Crippen MR) is 59.7 cm³/mol. The van der Waals surface area contributed by atoms with Gasteiger partial charge in [-0.25, -0.2) is 9.48 Å². The van der Waals surface area contributed by atoms with E-state index in [2.05, 4.69) is 5.10 Å². The maximum Gasteiger partial charge on any atom is 0.337 e. The van der Waals surface area contributed by atoms with E-state index < -0.39 is 5.97 Å². The van der Waals surface area contributed by atoms with Crippen molar-refractivity contribution in [2.75, 3.05) is 5.73 Å². The third-order valence-electron chi connectivity index (χ3n) is 2.22. The van der Waals surface area contributed by atoms with Crippen molar-refractivity contribution in [2.24, 2.45) is 0 Å². The van der Waals surface area contributed by atoms with Crippen LogP contribution in [-0.4, -0.2) is 20.9 Å². The molecule has 0 bridgehead atoms. The van der Waals surface area contributed by atoms with Gasteiger partial charge in [0.25, 0.3) is 0 Å². The van der Waals surface area contributed by atoms with Crippen LogP contribution in [0, 0.1) is 6.92 Å². The maximum atomic E-state index is 11.0. The second-order valence-electron chi connectivity index (χ2n) is 3.44. The second-order valence-corrected chi connectivity index (χ2v) is 3.44. The number of carbonyl (C=O) groups is 1. The fraction of sp³-hybridized carbons (Fsp3) is 0.0909. The Hall–Kier alpha value is -2.30. The average Bonchev–Trinajstić information content (AvgIpc) is 2.57. The fourth-order valence-electron chi connectivity index (χ4n) is 1.55. The summed E-state index contributed by atoms with van der Waals surface area (Å²) in [6.07, 6.45) is 0. The lowest BCUT2D eigenvalue weighted by molar-refractivity contribution is 0.0697.